The first-order valence-electron chi connectivity index (χ1n) is 9.39. The van der Waals surface area contributed by atoms with E-state index >= 15 is 0 Å². The van der Waals surface area contributed by atoms with Gasteiger partial charge in [0, 0.05) is 36.5 Å². The Bertz CT molecular complexity index is 638. The third-order valence-electron chi connectivity index (χ3n) is 7.63. The average molecular weight is 348 g/mol. The summed E-state index contributed by atoms with van der Waals surface area (Å²) in [5.74, 6) is -0.722. The summed E-state index contributed by atoms with van der Waals surface area (Å²) < 4.78 is 0. The number of aliphatic carboxylic acids is 1. The van der Waals surface area contributed by atoms with Gasteiger partial charge in [-0.2, -0.15) is 0 Å². The molecule has 0 saturated heterocycles. The highest BCUT2D eigenvalue weighted by molar-refractivity contribution is 5.95. The molecule has 0 amide bonds. The van der Waals surface area contributed by atoms with E-state index in [1.165, 1.54) is 0 Å². The van der Waals surface area contributed by atoms with Crippen molar-refractivity contribution in [1.29, 1.82) is 0 Å². The van der Waals surface area contributed by atoms with Gasteiger partial charge in [-0.25, -0.2) is 0 Å². The van der Waals surface area contributed by atoms with Gasteiger partial charge in [-0.1, -0.05) is 13.8 Å². The van der Waals surface area contributed by atoms with Gasteiger partial charge in [0.25, 0.3) is 0 Å². The standard InChI is InChI=1S/C20H28O5/c1-11(21)13-5-6-14-12-4-7-16(23)19(2,9-8-17(24)25)18(12)15(22)10-20(13,14)3/h12-14,18H,4-10H2,1-3H3,(H,24,25)/t12?,13?,14?,18?,19-,20+/m0/s1. The third-order valence-corrected chi connectivity index (χ3v) is 7.63. The maximum absolute atomic E-state index is 13.1. The van der Waals surface area contributed by atoms with Gasteiger partial charge in [0.2, 0.25) is 0 Å². The summed E-state index contributed by atoms with van der Waals surface area (Å²) in [6, 6.07) is 0. The molecule has 0 spiro atoms. The Labute approximate surface area is 148 Å². The summed E-state index contributed by atoms with van der Waals surface area (Å²) in [5, 5.41) is 9.06. The van der Waals surface area contributed by atoms with Gasteiger partial charge in [0.15, 0.2) is 0 Å². The zero-order valence-corrected chi connectivity index (χ0v) is 15.3. The van der Waals surface area contributed by atoms with Crippen molar-refractivity contribution in [3.8, 4) is 0 Å². The van der Waals surface area contributed by atoms with Crippen LogP contribution < -0.4 is 0 Å². The summed E-state index contributed by atoms with van der Waals surface area (Å²) in [7, 11) is 0. The maximum atomic E-state index is 13.1. The topological polar surface area (TPSA) is 88.5 Å². The number of fused-ring (bicyclic) bond motifs is 3. The lowest BCUT2D eigenvalue weighted by atomic mass is 9.48. The molecule has 4 unspecified atom stereocenters. The highest BCUT2D eigenvalue weighted by Crippen LogP contribution is 2.63. The lowest BCUT2D eigenvalue weighted by Crippen LogP contribution is -2.56. The molecule has 5 heteroatoms. The van der Waals surface area contributed by atoms with Crippen molar-refractivity contribution in [3.63, 3.8) is 0 Å². The van der Waals surface area contributed by atoms with Crippen LogP contribution in [0.15, 0.2) is 0 Å². The number of carbonyl (C=O) groups excluding carboxylic acids is 3. The normalized spacial score (nSPS) is 43.5. The molecule has 138 valence electrons. The van der Waals surface area contributed by atoms with Gasteiger partial charge in [0.05, 0.1) is 0 Å². The predicted molar refractivity (Wildman–Crippen MR) is 90.8 cm³/mol. The highest BCUT2D eigenvalue weighted by Gasteiger charge is 2.63. The molecule has 25 heavy (non-hydrogen) atoms. The SMILES string of the molecule is CC(=O)C1CCC2C3CCC(=O)[C@](C)(CCC(=O)O)C3C(=O)C[C@]12C. The smallest absolute Gasteiger partial charge is 0.303 e. The second-order valence-corrected chi connectivity index (χ2v) is 8.91. The number of rotatable bonds is 4. The van der Waals surface area contributed by atoms with Gasteiger partial charge in [-0.15, -0.1) is 0 Å². The number of ketones is 3. The number of carboxylic acids is 1. The van der Waals surface area contributed by atoms with Crippen LogP contribution in [-0.2, 0) is 19.2 Å². The van der Waals surface area contributed by atoms with Crippen LogP contribution in [0.4, 0.5) is 0 Å². The fraction of sp³-hybridized carbons (Fsp3) is 0.800. The fourth-order valence-corrected chi connectivity index (χ4v) is 6.46. The van der Waals surface area contributed by atoms with E-state index in [2.05, 4.69) is 6.92 Å². The third kappa shape index (κ3) is 2.67. The molecular weight excluding hydrogens is 320 g/mol. The molecule has 3 aliphatic rings. The summed E-state index contributed by atoms with van der Waals surface area (Å²) in [4.78, 5) is 49.0. The quantitative estimate of drug-likeness (QED) is 0.843. The van der Waals surface area contributed by atoms with Gasteiger partial charge < -0.3 is 5.11 Å². The van der Waals surface area contributed by atoms with Crippen molar-refractivity contribution in [1.82, 2.24) is 0 Å². The minimum absolute atomic E-state index is 0.0352. The number of Topliss-reactive ketones (excluding diaryl/α,β-unsaturated/α-hetero) is 3. The summed E-state index contributed by atoms with van der Waals surface area (Å²) in [6.07, 6.45) is 3.36. The molecule has 0 radical (unpaired) electrons. The van der Waals surface area contributed by atoms with E-state index in [0.29, 0.717) is 19.3 Å². The molecule has 0 aromatic rings. The van der Waals surface area contributed by atoms with Gasteiger partial charge >= 0.3 is 5.97 Å². The predicted octanol–water partition coefficient (Wildman–Crippen LogP) is 3.05. The highest BCUT2D eigenvalue weighted by atomic mass is 16.4. The molecule has 0 aromatic carbocycles. The van der Waals surface area contributed by atoms with Crippen molar-refractivity contribution < 1.29 is 24.3 Å². The van der Waals surface area contributed by atoms with Crippen molar-refractivity contribution >= 4 is 23.3 Å². The second kappa shape index (κ2) is 6.03. The molecule has 3 fully saturated rings. The molecule has 6 atom stereocenters. The number of hydrogen-bond acceptors (Lipinski definition) is 4. The van der Waals surface area contributed by atoms with Crippen LogP contribution in [0.25, 0.3) is 0 Å². The number of hydrogen-bond donors (Lipinski definition) is 1. The van der Waals surface area contributed by atoms with E-state index in [1.54, 1.807) is 13.8 Å². The molecule has 3 rings (SSSR count). The molecule has 0 aliphatic heterocycles. The number of carboxylic acid groups (broad SMARTS) is 1. The number of carbonyl (C=O) groups is 4. The molecular formula is C20H28O5. The van der Waals surface area contributed by atoms with Crippen molar-refractivity contribution in [3.05, 3.63) is 0 Å². The Morgan fingerprint density at radius 1 is 1.16 bits per heavy atom. The first-order valence-corrected chi connectivity index (χ1v) is 9.39. The minimum atomic E-state index is -0.929. The first kappa shape index (κ1) is 18.3. The zero-order valence-electron chi connectivity index (χ0n) is 15.3. The molecule has 3 saturated carbocycles. The fourth-order valence-electron chi connectivity index (χ4n) is 6.46. The second-order valence-electron chi connectivity index (χ2n) is 8.91. The first-order chi connectivity index (χ1) is 11.6. The molecule has 0 bridgehead atoms. The molecule has 0 heterocycles. The van der Waals surface area contributed by atoms with Crippen molar-refractivity contribution in [2.45, 2.75) is 65.7 Å². The van der Waals surface area contributed by atoms with Crippen LogP contribution in [0.2, 0.25) is 0 Å². The molecule has 0 aromatic heterocycles. The van der Waals surface area contributed by atoms with Crippen LogP contribution in [0.1, 0.15) is 65.7 Å². The van der Waals surface area contributed by atoms with Crippen molar-refractivity contribution in [2.75, 3.05) is 0 Å². The van der Waals surface area contributed by atoms with E-state index < -0.39 is 11.4 Å². The summed E-state index contributed by atoms with van der Waals surface area (Å²) in [6.45, 7) is 5.50. The van der Waals surface area contributed by atoms with Gasteiger partial charge in [-0.3, -0.25) is 19.2 Å². The minimum Gasteiger partial charge on any atom is -0.481 e. The largest absolute Gasteiger partial charge is 0.481 e. The Kier molecular flexibility index (Phi) is 4.41. The van der Waals surface area contributed by atoms with Gasteiger partial charge in [-0.05, 0) is 49.9 Å². The van der Waals surface area contributed by atoms with Crippen LogP contribution in [0, 0.1) is 34.5 Å². The lowest BCUT2D eigenvalue weighted by Gasteiger charge is -2.54. The Morgan fingerprint density at radius 2 is 1.84 bits per heavy atom. The van der Waals surface area contributed by atoms with Gasteiger partial charge in [0.1, 0.15) is 17.3 Å². The molecule has 1 N–H and O–H groups in total. The van der Waals surface area contributed by atoms with Crippen molar-refractivity contribution in [2.24, 2.45) is 34.5 Å². The van der Waals surface area contributed by atoms with E-state index in [1.807, 2.05) is 0 Å². The lowest BCUT2D eigenvalue weighted by molar-refractivity contribution is -0.161. The maximum Gasteiger partial charge on any atom is 0.303 e. The summed E-state index contributed by atoms with van der Waals surface area (Å²) >= 11 is 0. The van der Waals surface area contributed by atoms with E-state index in [4.69, 9.17) is 5.11 Å². The Balaban J connectivity index is 1.95. The Morgan fingerprint density at radius 3 is 2.44 bits per heavy atom. The van der Waals surface area contributed by atoms with Crippen LogP contribution in [0.3, 0.4) is 0 Å². The molecule has 3 aliphatic carbocycles. The van der Waals surface area contributed by atoms with Crippen LogP contribution in [0.5, 0.6) is 0 Å². The average Bonchev–Trinajstić information content (AvgIpc) is 2.85. The summed E-state index contributed by atoms with van der Waals surface area (Å²) in [5.41, 5.74) is -1.16. The monoisotopic (exact) mass is 348 g/mol. The van der Waals surface area contributed by atoms with E-state index in [9.17, 15) is 19.2 Å². The van der Waals surface area contributed by atoms with E-state index in [0.717, 1.165) is 12.8 Å². The van der Waals surface area contributed by atoms with Crippen LogP contribution >= 0.6 is 0 Å². The zero-order chi connectivity index (χ0) is 18.6. The van der Waals surface area contributed by atoms with E-state index in [-0.39, 0.29) is 59.3 Å². The van der Waals surface area contributed by atoms with Crippen LogP contribution in [-0.4, -0.2) is 28.4 Å². The molecule has 5 nitrogen and oxygen atoms in total. The Hall–Kier alpha value is -1.52.